The minimum Gasteiger partial charge on any atom is -0.411 e. The molecule has 2 atom stereocenters. The molecule has 0 spiro atoms. The molecule has 0 amide bonds. The van der Waals surface area contributed by atoms with Gasteiger partial charge < -0.3 is 5.21 Å². The average Bonchev–Trinajstić information content (AvgIpc) is 2.39. The van der Waals surface area contributed by atoms with Crippen LogP contribution in [0.15, 0.2) is 5.16 Å². The van der Waals surface area contributed by atoms with Gasteiger partial charge >= 0.3 is 0 Å². The van der Waals surface area contributed by atoms with E-state index in [0.29, 0.717) is 5.92 Å². The normalized spacial score (nSPS) is 31.8. The third kappa shape index (κ3) is 4.18. The lowest BCUT2D eigenvalue weighted by atomic mass is 9.64. The molecule has 0 aromatic heterocycles. The van der Waals surface area contributed by atoms with E-state index in [9.17, 15) is 5.21 Å². The number of oxime groups is 1. The van der Waals surface area contributed by atoms with Crippen molar-refractivity contribution in [3.05, 3.63) is 0 Å². The van der Waals surface area contributed by atoms with Crippen molar-refractivity contribution in [3.8, 4) is 0 Å². The van der Waals surface area contributed by atoms with Crippen molar-refractivity contribution < 1.29 is 5.21 Å². The molecule has 2 nitrogen and oxygen atoms in total. The number of thioether (sulfide) groups is 1. The summed E-state index contributed by atoms with van der Waals surface area (Å²) in [5.74, 6) is 0.591. The minimum atomic E-state index is 0.0186. The Hall–Kier alpha value is -0.180. The fourth-order valence-electron chi connectivity index (χ4n) is 2.32. The zero-order chi connectivity index (χ0) is 15.0. The van der Waals surface area contributed by atoms with Crippen LogP contribution in [0.2, 0.25) is 0 Å². The van der Waals surface area contributed by atoms with E-state index in [-0.39, 0.29) is 10.2 Å². The molecular weight excluding hydrogens is 242 g/mol. The largest absolute Gasteiger partial charge is 0.411 e. The van der Waals surface area contributed by atoms with Gasteiger partial charge in [0.1, 0.15) is 0 Å². The lowest BCUT2D eigenvalue weighted by Gasteiger charge is -2.46. The molecule has 110 valence electrons. The molecular formula is C15H33NOS. The van der Waals surface area contributed by atoms with Gasteiger partial charge in [0.05, 0.1) is 10.5 Å². The highest BCUT2D eigenvalue weighted by atomic mass is 32.2. The highest BCUT2D eigenvalue weighted by Gasteiger charge is 2.47. The lowest BCUT2D eigenvalue weighted by Crippen LogP contribution is -2.49. The van der Waals surface area contributed by atoms with Crippen LogP contribution in [0.5, 0.6) is 0 Å². The maximum atomic E-state index is 9.19. The second kappa shape index (κ2) is 8.84. The van der Waals surface area contributed by atoms with Crippen molar-refractivity contribution in [2.45, 2.75) is 73.0 Å². The van der Waals surface area contributed by atoms with E-state index in [4.69, 9.17) is 0 Å². The van der Waals surface area contributed by atoms with Crippen LogP contribution in [0, 0.1) is 11.3 Å². The highest BCUT2D eigenvalue weighted by molar-refractivity contribution is 8.00. The first kappa shape index (κ1) is 20.1. The Balaban J connectivity index is 0. The minimum absolute atomic E-state index is 0.0186. The van der Waals surface area contributed by atoms with Crippen LogP contribution in [0.3, 0.4) is 0 Å². The second-order valence-corrected chi connectivity index (χ2v) is 6.35. The number of rotatable bonds is 1. The number of hydrogen-bond donors (Lipinski definition) is 1. The molecule has 0 aromatic carbocycles. The SMILES string of the molecule is CC.CC.CSC1(C)CCC(C)C(C)(C)/C1=N/O. The van der Waals surface area contributed by atoms with Crippen molar-refractivity contribution in [2.24, 2.45) is 16.5 Å². The smallest absolute Gasteiger partial charge is 0.0786 e. The van der Waals surface area contributed by atoms with E-state index >= 15 is 0 Å². The summed E-state index contributed by atoms with van der Waals surface area (Å²) in [6, 6.07) is 0. The molecule has 0 radical (unpaired) electrons. The van der Waals surface area contributed by atoms with Gasteiger partial charge in [-0.2, -0.15) is 11.8 Å². The molecule has 18 heavy (non-hydrogen) atoms. The van der Waals surface area contributed by atoms with Crippen LogP contribution in [0.25, 0.3) is 0 Å². The van der Waals surface area contributed by atoms with Crippen LogP contribution >= 0.6 is 11.8 Å². The summed E-state index contributed by atoms with van der Waals surface area (Å²) in [4.78, 5) is 0. The van der Waals surface area contributed by atoms with Gasteiger partial charge in [-0.1, -0.05) is 53.6 Å². The summed E-state index contributed by atoms with van der Waals surface area (Å²) in [6.45, 7) is 16.8. The van der Waals surface area contributed by atoms with Crippen LogP contribution < -0.4 is 0 Å². The summed E-state index contributed by atoms with van der Waals surface area (Å²) in [5.41, 5.74) is 0.973. The Morgan fingerprint density at radius 2 is 1.61 bits per heavy atom. The highest BCUT2D eigenvalue weighted by Crippen LogP contribution is 2.47. The van der Waals surface area contributed by atoms with E-state index < -0.39 is 0 Å². The molecule has 0 bridgehead atoms. The van der Waals surface area contributed by atoms with Crippen molar-refractivity contribution in [1.82, 2.24) is 0 Å². The topological polar surface area (TPSA) is 32.6 Å². The van der Waals surface area contributed by atoms with Crippen molar-refractivity contribution in [3.63, 3.8) is 0 Å². The van der Waals surface area contributed by atoms with Gasteiger partial charge in [-0.15, -0.1) is 0 Å². The predicted molar refractivity (Wildman–Crippen MR) is 86.0 cm³/mol. The van der Waals surface area contributed by atoms with Gasteiger partial charge in [-0.05, 0) is 31.9 Å². The van der Waals surface area contributed by atoms with Crippen LogP contribution in [0.1, 0.15) is 68.2 Å². The summed E-state index contributed by atoms with van der Waals surface area (Å²) in [7, 11) is 0. The molecule has 0 saturated heterocycles. The molecule has 3 heteroatoms. The molecule has 1 aliphatic rings. The summed E-state index contributed by atoms with van der Waals surface area (Å²) in [6.07, 6.45) is 4.42. The Morgan fingerprint density at radius 3 is 1.94 bits per heavy atom. The molecule has 1 N–H and O–H groups in total. The Morgan fingerprint density at radius 1 is 1.17 bits per heavy atom. The van der Waals surface area contributed by atoms with E-state index in [1.165, 1.54) is 6.42 Å². The quantitative estimate of drug-likeness (QED) is 0.510. The monoisotopic (exact) mass is 275 g/mol. The third-order valence-corrected chi connectivity index (χ3v) is 5.25. The van der Waals surface area contributed by atoms with Crippen molar-refractivity contribution in [2.75, 3.05) is 6.26 Å². The van der Waals surface area contributed by atoms with Crippen molar-refractivity contribution in [1.29, 1.82) is 0 Å². The van der Waals surface area contributed by atoms with Crippen LogP contribution in [-0.4, -0.2) is 21.9 Å². The Bertz CT molecular complexity index is 244. The van der Waals surface area contributed by atoms with Crippen LogP contribution in [-0.2, 0) is 0 Å². The Labute approximate surface area is 119 Å². The first-order valence-corrected chi connectivity index (χ1v) is 8.39. The molecule has 1 aliphatic carbocycles. The summed E-state index contributed by atoms with van der Waals surface area (Å²) >= 11 is 1.79. The molecule has 2 unspecified atom stereocenters. The van der Waals surface area contributed by atoms with E-state index in [1.807, 2.05) is 27.7 Å². The van der Waals surface area contributed by atoms with Gasteiger partial charge in [0.15, 0.2) is 0 Å². The average molecular weight is 276 g/mol. The third-order valence-electron chi connectivity index (χ3n) is 3.95. The summed E-state index contributed by atoms with van der Waals surface area (Å²) in [5, 5.41) is 12.8. The second-order valence-electron chi connectivity index (χ2n) is 5.04. The van der Waals surface area contributed by atoms with Gasteiger partial charge in [-0.3, -0.25) is 0 Å². The predicted octanol–water partition coefficient (Wildman–Crippen LogP) is 5.45. The van der Waals surface area contributed by atoms with Gasteiger partial charge in [0.2, 0.25) is 0 Å². The number of nitrogens with zero attached hydrogens (tertiary/aromatic N) is 1. The summed E-state index contributed by atoms with van der Waals surface area (Å²) < 4.78 is 0.0186. The van der Waals surface area contributed by atoms with Crippen LogP contribution in [0.4, 0.5) is 0 Å². The van der Waals surface area contributed by atoms with Gasteiger partial charge in [0, 0.05) is 5.41 Å². The zero-order valence-electron chi connectivity index (χ0n) is 13.8. The van der Waals surface area contributed by atoms with E-state index in [2.05, 4.69) is 39.1 Å². The molecule has 0 aliphatic heterocycles. The van der Waals surface area contributed by atoms with E-state index in [1.54, 1.807) is 11.8 Å². The first-order valence-electron chi connectivity index (χ1n) is 7.16. The molecule has 0 heterocycles. The molecule has 1 saturated carbocycles. The van der Waals surface area contributed by atoms with Gasteiger partial charge in [0.25, 0.3) is 0 Å². The molecule has 0 aromatic rings. The molecule has 1 rings (SSSR count). The Kier molecular flexibility index (Phi) is 9.89. The fourth-order valence-corrected chi connectivity index (χ4v) is 3.14. The van der Waals surface area contributed by atoms with Gasteiger partial charge in [-0.25, -0.2) is 0 Å². The maximum Gasteiger partial charge on any atom is 0.0786 e. The number of hydrogen-bond acceptors (Lipinski definition) is 3. The standard InChI is InChI=1S/C11H21NOS.2C2H6/c1-8-6-7-11(4,14-5)9(12-13)10(8,2)3;2*1-2/h8,13H,6-7H2,1-5H3;2*1-2H3/b12-9-;;. The lowest BCUT2D eigenvalue weighted by molar-refractivity contribution is 0.240. The maximum absolute atomic E-state index is 9.19. The zero-order valence-corrected chi connectivity index (χ0v) is 14.6. The first-order chi connectivity index (χ1) is 8.38. The molecule has 1 fully saturated rings. The van der Waals surface area contributed by atoms with E-state index in [0.717, 1.165) is 12.1 Å². The fraction of sp³-hybridized carbons (Fsp3) is 0.933. The van der Waals surface area contributed by atoms with Crippen molar-refractivity contribution >= 4 is 17.5 Å².